The molecule has 1 aromatic carbocycles. The first-order valence-corrected chi connectivity index (χ1v) is 7.08. The molecular weight excluding hydrogens is 322 g/mol. The highest BCUT2D eigenvalue weighted by atomic mass is 79.9. The monoisotopic (exact) mass is 337 g/mol. The highest BCUT2D eigenvalue weighted by Gasteiger charge is 2.22. The van der Waals surface area contributed by atoms with Crippen molar-refractivity contribution in [1.82, 2.24) is 15.0 Å². The van der Waals surface area contributed by atoms with Gasteiger partial charge in [-0.3, -0.25) is 0 Å². The molecule has 1 aromatic heterocycles. The van der Waals surface area contributed by atoms with Crippen molar-refractivity contribution < 1.29 is 9.53 Å². The van der Waals surface area contributed by atoms with Crippen LogP contribution in [0.5, 0.6) is 0 Å². The number of esters is 1. The van der Waals surface area contributed by atoms with Crippen LogP contribution in [0.2, 0.25) is 0 Å². The summed E-state index contributed by atoms with van der Waals surface area (Å²) >= 11 is 3.44. The fourth-order valence-corrected chi connectivity index (χ4v) is 2.51. The summed E-state index contributed by atoms with van der Waals surface area (Å²) in [7, 11) is 1.35. The molecule has 0 bridgehead atoms. The molecule has 106 valence electrons. The number of rotatable bonds is 4. The SMILES string of the molecule is COC(=O)c1nnn(Cc2cccc(Br)c2)c1C(C)C. The molecule has 2 rings (SSSR count). The Kier molecular flexibility index (Phi) is 4.54. The lowest BCUT2D eigenvalue weighted by atomic mass is 10.1. The quantitative estimate of drug-likeness (QED) is 0.804. The molecular formula is C14H16BrN3O2. The maximum absolute atomic E-state index is 11.7. The van der Waals surface area contributed by atoms with Gasteiger partial charge in [-0.25, -0.2) is 9.48 Å². The van der Waals surface area contributed by atoms with E-state index in [1.165, 1.54) is 7.11 Å². The van der Waals surface area contributed by atoms with E-state index in [0.29, 0.717) is 6.54 Å². The second kappa shape index (κ2) is 6.17. The van der Waals surface area contributed by atoms with Crippen molar-refractivity contribution in [2.75, 3.05) is 7.11 Å². The van der Waals surface area contributed by atoms with Crippen LogP contribution in [0, 0.1) is 0 Å². The normalized spacial score (nSPS) is 10.8. The molecule has 5 nitrogen and oxygen atoms in total. The fourth-order valence-electron chi connectivity index (χ4n) is 2.06. The van der Waals surface area contributed by atoms with E-state index >= 15 is 0 Å². The first-order chi connectivity index (χ1) is 9.52. The number of methoxy groups -OCH3 is 1. The zero-order chi connectivity index (χ0) is 14.7. The number of carbonyl (C=O) groups excluding carboxylic acids is 1. The van der Waals surface area contributed by atoms with E-state index < -0.39 is 5.97 Å². The Morgan fingerprint density at radius 2 is 2.20 bits per heavy atom. The summed E-state index contributed by atoms with van der Waals surface area (Å²) in [4.78, 5) is 11.7. The molecule has 6 heteroatoms. The molecule has 20 heavy (non-hydrogen) atoms. The van der Waals surface area contributed by atoms with Crippen LogP contribution >= 0.6 is 15.9 Å². The Labute approximate surface area is 126 Å². The van der Waals surface area contributed by atoms with Gasteiger partial charge in [0.1, 0.15) is 0 Å². The lowest BCUT2D eigenvalue weighted by Crippen LogP contribution is -2.12. The molecule has 0 fully saturated rings. The largest absolute Gasteiger partial charge is 0.464 e. The fraction of sp³-hybridized carbons (Fsp3) is 0.357. The summed E-state index contributed by atoms with van der Waals surface area (Å²) in [6.07, 6.45) is 0. The minimum Gasteiger partial charge on any atom is -0.464 e. The third-order valence-corrected chi connectivity index (χ3v) is 3.41. The van der Waals surface area contributed by atoms with Gasteiger partial charge in [0.15, 0.2) is 5.69 Å². The Bertz CT molecular complexity index is 623. The van der Waals surface area contributed by atoms with Gasteiger partial charge < -0.3 is 4.74 Å². The van der Waals surface area contributed by atoms with E-state index in [4.69, 9.17) is 4.74 Å². The van der Waals surface area contributed by atoms with Crippen molar-refractivity contribution in [3.63, 3.8) is 0 Å². The third kappa shape index (κ3) is 3.07. The van der Waals surface area contributed by atoms with Crippen LogP contribution in [-0.4, -0.2) is 28.1 Å². The van der Waals surface area contributed by atoms with Gasteiger partial charge >= 0.3 is 5.97 Å². The van der Waals surface area contributed by atoms with Crippen molar-refractivity contribution >= 4 is 21.9 Å². The number of ether oxygens (including phenoxy) is 1. The zero-order valence-electron chi connectivity index (χ0n) is 11.6. The minimum atomic E-state index is -0.450. The number of nitrogens with zero attached hydrogens (tertiary/aromatic N) is 3. The molecule has 0 amide bonds. The molecule has 0 saturated carbocycles. The minimum absolute atomic E-state index is 0.131. The van der Waals surface area contributed by atoms with E-state index in [-0.39, 0.29) is 11.6 Å². The molecule has 1 heterocycles. The van der Waals surface area contributed by atoms with Crippen LogP contribution in [0.3, 0.4) is 0 Å². The number of aromatic nitrogens is 3. The summed E-state index contributed by atoms with van der Waals surface area (Å²) < 4.78 is 7.50. The Morgan fingerprint density at radius 3 is 2.80 bits per heavy atom. The molecule has 0 saturated heterocycles. The second-order valence-corrected chi connectivity index (χ2v) is 5.67. The molecule has 0 N–H and O–H groups in total. The van der Waals surface area contributed by atoms with Gasteiger partial charge in [0, 0.05) is 4.47 Å². The van der Waals surface area contributed by atoms with Gasteiger partial charge in [-0.05, 0) is 23.6 Å². The Hall–Kier alpha value is -1.69. The number of carbonyl (C=O) groups is 1. The summed E-state index contributed by atoms with van der Waals surface area (Å²) in [6.45, 7) is 4.57. The summed E-state index contributed by atoms with van der Waals surface area (Å²) in [5.74, 6) is -0.319. The smallest absolute Gasteiger partial charge is 0.360 e. The predicted molar refractivity (Wildman–Crippen MR) is 78.7 cm³/mol. The zero-order valence-corrected chi connectivity index (χ0v) is 13.2. The van der Waals surface area contributed by atoms with Crippen LogP contribution in [0.25, 0.3) is 0 Å². The van der Waals surface area contributed by atoms with Crippen molar-refractivity contribution in [3.8, 4) is 0 Å². The first-order valence-electron chi connectivity index (χ1n) is 6.29. The topological polar surface area (TPSA) is 57.0 Å². The van der Waals surface area contributed by atoms with Crippen molar-refractivity contribution in [3.05, 3.63) is 45.7 Å². The highest BCUT2D eigenvalue weighted by molar-refractivity contribution is 9.10. The molecule has 0 atom stereocenters. The molecule has 2 aromatic rings. The number of hydrogen-bond acceptors (Lipinski definition) is 4. The maximum atomic E-state index is 11.7. The summed E-state index contributed by atoms with van der Waals surface area (Å²) in [5.41, 5.74) is 2.16. The van der Waals surface area contributed by atoms with Gasteiger partial charge in [0.2, 0.25) is 0 Å². The van der Waals surface area contributed by atoms with Crippen LogP contribution in [0.15, 0.2) is 28.7 Å². The van der Waals surface area contributed by atoms with E-state index in [0.717, 1.165) is 15.7 Å². The van der Waals surface area contributed by atoms with Crippen LogP contribution in [0.4, 0.5) is 0 Å². The lowest BCUT2D eigenvalue weighted by Gasteiger charge is -2.10. The van der Waals surface area contributed by atoms with E-state index in [2.05, 4.69) is 26.2 Å². The van der Waals surface area contributed by atoms with E-state index in [1.807, 2.05) is 38.1 Å². The second-order valence-electron chi connectivity index (χ2n) is 4.76. The highest BCUT2D eigenvalue weighted by Crippen LogP contribution is 2.20. The first kappa shape index (κ1) is 14.7. The number of hydrogen-bond donors (Lipinski definition) is 0. The average molecular weight is 338 g/mol. The van der Waals surface area contributed by atoms with Crippen LogP contribution in [-0.2, 0) is 11.3 Å². The van der Waals surface area contributed by atoms with Crippen molar-refractivity contribution in [2.45, 2.75) is 26.3 Å². The molecule has 0 aliphatic heterocycles. The van der Waals surface area contributed by atoms with Gasteiger partial charge in [-0.15, -0.1) is 5.10 Å². The standard InChI is InChI=1S/C14H16BrN3O2/c1-9(2)13-12(14(19)20-3)16-17-18(13)8-10-5-4-6-11(15)7-10/h4-7,9H,8H2,1-3H3. The number of halogens is 1. The Morgan fingerprint density at radius 1 is 1.45 bits per heavy atom. The average Bonchev–Trinajstić information content (AvgIpc) is 2.81. The maximum Gasteiger partial charge on any atom is 0.360 e. The predicted octanol–water partition coefficient (Wildman–Crippen LogP) is 3.00. The van der Waals surface area contributed by atoms with Gasteiger partial charge in [0.05, 0.1) is 19.3 Å². The van der Waals surface area contributed by atoms with Crippen molar-refractivity contribution in [1.29, 1.82) is 0 Å². The third-order valence-electron chi connectivity index (χ3n) is 2.92. The van der Waals surface area contributed by atoms with E-state index in [9.17, 15) is 4.79 Å². The summed E-state index contributed by atoms with van der Waals surface area (Å²) in [5, 5.41) is 8.04. The van der Waals surface area contributed by atoms with Gasteiger partial charge in [-0.2, -0.15) is 0 Å². The molecule has 0 radical (unpaired) electrons. The molecule has 0 aliphatic carbocycles. The van der Waals surface area contributed by atoms with Crippen LogP contribution < -0.4 is 0 Å². The van der Waals surface area contributed by atoms with Gasteiger partial charge in [-0.1, -0.05) is 47.1 Å². The molecule has 0 spiro atoms. The molecule has 0 aliphatic rings. The lowest BCUT2D eigenvalue weighted by molar-refractivity contribution is 0.0592. The number of benzene rings is 1. The summed E-state index contributed by atoms with van der Waals surface area (Å²) in [6, 6.07) is 7.96. The van der Waals surface area contributed by atoms with E-state index in [1.54, 1.807) is 4.68 Å². The van der Waals surface area contributed by atoms with Crippen LogP contribution in [0.1, 0.15) is 41.5 Å². The van der Waals surface area contributed by atoms with Gasteiger partial charge in [0.25, 0.3) is 0 Å². The Balaban J connectivity index is 2.37. The van der Waals surface area contributed by atoms with Crippen molar-refractivity contribution in [2.24, 2.45) is 0 Å². The molecule has 0 unspecified atom stereocenters.